The van der Waals surface area contributed by atoms with Gasteiger partial charge in [0.15, 0.2) is 5.58 Å². The van der Waals surface area contributed by atoms with E-state index in [4.69, 9.17) is 4.52 Å². The molecule has 86 valence electrons. The van der Waals surface area contributed by atoms with Gasteiger partial charge in [-0.25, -0.2) is 8.42 Å². The Labute approximate surface area is 136 Å². The van der Waals surface area contributed by atoms with Crippen molar-refractivity contribution >= 4 is 52.9 Å². The van der Waals surface area contributed by atoms with Crippen molar-refractivity contribution in [3.8, 4) is 0 Å². The molecule has 0 bridgehead atoms. The first-order valence-electron chi connectivity index (χ1n) is 4.04. The number of fused-ring (bicyclic) bond motifs is 1. The van der Waals surface area contributed by atoms with Crippen LogP contribution in [0.5, 0.6) is 0 Å². The molecule has 0 radical (unpaired) electrons. The van der Waals surface area contributed by atoms with Crippen molar-refractivity contribution in [3.63, 3.8) is 0 Å². The van der Waals surface area contributed by atoms with Crippen molar-refractivity contribution < 1.29 is 47.1 Å². The van der Waals surface area contributed by atoms with E-state index in [1.807, 2.05) is 0 Å². The SMILES string of the molecule is O=S(=O)([O-])Cc1noc2c(Br)cc(Br)cc12.[Na+]. The molecular formula is C8H4Br2NNaO4S. The van der Waals surface area contributed by atoms with E-state index in [9.17, 15) is 13.0 Å². The summed E-state index contributed by atoms with van der Waals surface area (Å²) in [6.45, 7) is 0. The summed E-state index contributed by atoms with van der Waals surface area (Å²) >= 11 is 6.50. The monoisotopic (exact) mass is 391 g/mol. The summed E-state index contributed by atoms with van der Waals surface area (Å²) in [4.78, 5) is 0. The van der Waals surface area contributed by atoms with Crippen molar-refractivity contribution in [1.29, 1.82) is 0 Å². The average molecular weight is 393 g/mol. The van der Waals surface area contributed by atoms with Crippen LogP contribution in [0.25, 0.3) is 11.0 Å². The molecular weight excluding hydrogens is 389 g/mol. The number of hydrogen-bond acceptors (Lipinski definition) is 5. The molecule has 1 heterocycles. The summed E-state index contributed by atoms with van der Waals surface area (Å²) in [5.41, 5.74) is 0.536. The second kappa shape index (κ2) is 5.68. The Morgan fingerprint density at radius 2 is 2.00 bits per heavy atom. The van der Waals surface area contributed by atoms with Crippen LogP contribution in [0.4, 0.5) is 0 Å². The molecule has 0 N–H and O–H groups in total. The first-order valence-corrected chi connectivity index (χ1v) is 7.20. The molecule has 17 heavy (non-hydrogen) atoms. The van der Waals surface area contributed by atoms with Crippen LogP contribution in [0.15, 0.2) is 25.6 Å². The van der Waals surface area contributed by atoms with Crippen molar-refractivity contribution in [2.45, 2.75) is 5.75 Å². The number of hydrogen-bond donors (Lipinski definition) is 0. The van der Waals surface area contributed by atoms with Gasteiger partial charge in [-0.15, -0.1) is 0 Å². The fourth-order valence-electron chi connectivity index (χ4n) is 1.29. The molecule has 1 aromatic heterocycles. The summed E-state index contributed by atoms with van der Waals surface area (Å²) in [5.74, 6) is -0.678. The van der Waals surface area contributed by atoms with Gasteiger partial charge in [0.25, 0.3) is 0 Å². The zero-order valence-corrected chi connectivity index (χ0v) is 14.6. The van der Waals surface area contributed by atoms with Crippen molar-refractivity contribution in [2.24, 2.45) is 0 Å². The zero-order valence-electron chi connectivity index (χ0n) is 8.61. The van der Waals surface area contributed by atoms with Crippen LogP contribution in [-0.2, 0) is 15.9 Å². The standard InChI is InChI=1S/C8H5Br2NO4S.Na/c9-4-1-5-7(3-16(12,13)14)11-15-8(5)6(10)2-4;/h1-2H,3H2,(H,12,13,14);/q;+1/p-1. The summed E-state index contributed by atoms with van der Waals surface area (Å²) in [6.07, 6.45) is 0. The third kappa shape index (κ3) is 3.76. The molecule has 0 saturated carbocycles. The molecule has 0 spiro atoms. The summed E-state index contributed by atoms with van der Waals surface area (Å²) in [7, 11) is -4.37. The molecule has 0 atom stereocenters. The molecule has 0 fully saturated rings. The molecule has 0 unspecified atom stereocenters. The second-order valence-electron chi connectivity index (χ2n) is 3.10. The molecule has 0 saturated heterocycles. The van der Waals surface area contributed by atoms with E-state index in [-0.39, 0.29) is 35.3 Å². The minimum Gasteiger partial charge on any atom is -0.748 e. The van der Waals surface area contributed by atoms with Gasteiger partial charge in [-0.3, -0.25) is 0 Å². The van der Waals surface area contributed by atoms with Crippen LogP contribution in [0.1, 0.15) is 5.69 Å². The number of nitrogens with zero attached hydrogens (tertiary/aromatic N) is 1. The smallest absolute Gasteiger partial charge is 0.748 e. The maximum atomic E-state index is 10.7. The molecule has 1 aromatic carbocycles. The molecule has 5 nitrogen and oxygen atoms in total. The molecule has 0 amide bonds. The predicted octanol–water partition coefficient (Wildman–Crippen LogP) is -0.598. The third-order valence-electron chi connectivity index (χ3n) is 1.88. The molecule has 2 aromatic rings. The Morgan fingerprint density at radius 3 is 2.59 bits per heavy atom. The van der Waals surface area contributed by atoms with E-state index in [1.54, 1.807) is 12.1 Å². The van der Waals surface area contributed by atoms with Gasteiger partial charge < -0.3 is 9.08 Å². The fourth-order valence-corrected chi connectivity index (χ4v) is 3.13. The molecule has 0 aliphatic carbocycles. The third-order valence-corrected chi connectivity index (χ3v) is 3.55. The van der Waals surface area contributed by atoms with Gasteiger partial charge in [-0.1, -0.05) is 21.1 Å². The van der Waals surface area contributed by atoms with Gasteiger partial charge in [0.2, 0.25) is 0 Å². The maximum Gasteiger partial charge on any atom is 1.00 e. The van der Waals surface area contributed by atoms with E-state index in [0.29, 0.717) is 15.4 Å². The number of aromatic nitrogens is 1. The van der Waals surface area contributed by atoms with E-state index in [0.717, 1.165) is 4.47 Å². The van der Waals surface area contributed by atoms with Crippen molar-refractivity contribution in [3.05, 3.63) is 26.8 Å². The predicted molar refractivity (Wildman–Crippen MR) is 62.8 cm³/mol. The number of rotatable bonds is 2. The summed E-state index contributed by atoms with van der Waals surface area (Å²) < 4.78 is 38.3. The van der Waals surface area contributed by atoms with Crippen molar-refractivity contribution in [2.75, 3.05) is 0 Å². The van der Waals surface area contributed by atoms with Crippen LogP contribution in [0.3, 0.4) is 0 Å². The maximum absolute atomic E-state index is 10.7. The van der Waals surface area contributed by atoms with Gasteiger partial charge in [0.1, 0.15) is 15.8 Å². The Bertz CT molecular complexity index is 655. The van der Waals surface area contributed by atoms with Crippen LogP contribution in [0.2, 0.25) is 0 Å². The Kier molecular flexibility index (Phi) is 5.22. The number of benzene rings is 1. The molecule has 0 aliphatic heterocycles. The fraction of sp³-hybridized carbons (Fsp3) is 0.125. The van der Waals surface area contributed by atoms with E-state index in [1.165, 1.54) is 0 Å². The van der Waals surface area contributed by atoms with E-state index in [2.05, 4.69) is 37.0 Å². The number of halogens is 2. The minimum atomic E-state index is -4.37. The van der Waals surface area contributed by atoms with Gasteiger partial charge in [0, 0.05) is 9.86 Å². The molecule has 2 rings (SSSR count). The topological polar surface area (TPSA) is 83.2 Å². The van der Waals surface area contributed by atoms with Gasteiger partial charge >= 0.3 is 29.6 Å². The van der Waals surface area contributed by atoms with Crippen LogP contribution in [-0.4, -0.2) is 18.1 Å². The first-order chi connectivity index (χ1) is 7.37. The normalized spacial score (nSPS) is 11.5. The minimum absolute atomic E-state index is 0. The van der Waals surface area contributed by atoms with Crippen LogP contribution in [0, 0.1) is 0 Å². The Morgan fingerprint density at radius 1 is 1.35 bits per heavy atom. The Hall–Kier alpha value is 0.560. The van der Waals surface area contributed by atoms with E-state index >= 15 is 0 Å². The second-order valence-corrected chi connectivity index (χ2v) is 6.27. The Balaban J connectivity index is 0.00000144. The zero-order chi connectivity index (χ0) is 11.9. The quantitative estimate of drug-likeness (QED) is 0.503. The van der Waals surface area contributed by atoms with E-state index < -0.39 is 15.9 Å². The van der Waals surface area contributed by atoms with Crippen molar-refractivity contribution in [1.82, 2.24) is 5.16 Å². The van der Waals surface area contributed by atoms with Gasteiger partial charge in [-0.2, -0.15) is 0 Å². The van der Waals surface area contributed by atoms with Crippen LogP contribution >= 0.6 is 31.9 Å². The average Bonchev–Trinajstić information content (AvgIpc) is 2.46. The summed E-state index contributed by atoms with van der Waals surface area (Å²) in [6, 6.07) is 3.39. The first kappa shape index (κ1) is 15.6. The molecule has 9 heteroatoms. The molecule has 0 aliphatic rings. The van der Waals surface area contributed by atoms with Gasteiger partial charge in [0.05, 0.1) is 10.2 Å². The largest absolute Gasteiger partial charge is 1.00 e. The van der Waals surface area contributed by atoms with Crippen LogP contribution < -0.4 is 29.6 Å². The van der Waals surface area contributed by atoms with Gasteiger partial charge in [-0.05, 0) is 28.1 Å². The summed E-state index contributed by atoms with van der Waals surface area (Å²) in [5, 5.41) is 4.08.